The first-order valence-corrected chi connectivity index (χ1v) is 3.74. The van der Waals surface area contributed by atoms with E-state index >= 15 is 0 Å². The largest absolute Gasteiger partial charge is 0.497 e. The number of nitrogens with zero attached hydrogens (tertiary/aromatic N) is 1. The normalized spacial score (nSPS) is 9.27. The zero-order valence-corrected chi connectivity index (χ0v) is 7.46. The molecule has 0 N–H and O–H groups in total. The third kappa shape index (κ3) is 1.77. The molecule has 11 heavy (non-hydrogen) atoms. The summed E-state index contributed by atoms with van der Waals surface area (Å²) in [4.78, 5) is 10.1. The summed E-state index contributed by atoms with van der Waals surface area (Å²) in [7, 11) is 1.57. The van der Waals surface area contributed by atoms with Crippen molar-refractivity contribution < 1.29 is 4.74 Å². The highest BCUT2D eigenvalue weighted by Crippen LogP contribution is 2.28. The second-order valence-electron chi connectivity index (χ2n) is 1.91. The molecule has 0 atom stereocenters. The van der Waals surface area contributed by atoms with Gasteiger partial charge in [0.05, 0.1) is 11.6 Å². The molecule has 0 aliphatic carbocycles. The highest BCUT2D eigenvalue weighted by atomic mass is 79.9. The van der Waals surface area contributed by atoms with E-state index in [4.69, 9.17) is 4.74 Å². The van der Waals surface area contributed by atoms with Crippen molar-refractivity contribution in [2.24, 2.45) is 5.18 Å². The van der Waals surface area contributed by atoms with Gasteiger partial charge in [-0.25, -0.2) is 0 Å². The Morgan fingerprint density at radius 1 is 1.55 bits per heavy atom. The van der Waals surface area contributed by atoms with Gasteiger partial charge in [0, 0.05) is 0 Å². The van der Waals surface area contributed by atoms with Crippen LogP contribution in [-0.2, 0) is 0 Å². The van der Waals surface area contributed by atoms with E-state index in [0.717, 1.165) is 0 Å². The van der Waals surface area contributed by atoms with E-state index in [1.807, 2.05) is 0 Å². The number of hydrogen-bond donors (Lipinski definition) is 0. The van der Waals surface area contributed by atoms with Gasteiger partial charge in [-0.15, -0.1) is 4.91 Å². The van der Waals surface area contributed by atoms with E-state index in [0.29, 0.717) is 15.9 Å². The smallest absolute Gasteiger partial charge is 0.122 e. The predicted molar refractivity (Wildman–Crippen MR) is 46.1 cm³/mol. The van der Waals surface area contributed by atoms with E-state index in [9.17, 15) is 4.91 Å². The topological polar surface area (TPSA) is 38.7 Å². The molecule has 0 heterocycles. The number of halogens is 1. The maximum Gasteiger partial charge on any atom is 0.122 e. The van der Waals surface area contributed by atoms with Gasteiger partial charge in [-0.2, -0.15) is 0 Å². The quantitative estimate of drug-likeness (QED) is 0.713. The molecule has 0 bridgehead atoms. The summed E-state index contributed by atoms with van der Waals surface area (Å²) >= 11 is 3.17. The summed E-state index contributed by atoms with van der Waals surface area (Å²) < 4.78 is 5.57. The molecule has 1 rings (SSSR count). The summed E-state index contributed by atoms with van der Waals surface area (Å²) in [5.74, 6) is 0.698. The lowest BCUT2D eigenvalue weighted by molar-refractivity contribution is 0.414. The standard InChI is InChI=1S/C7H6BrNO2/c1-11-5-2-3-7(9-10)6(8)4-5/h2-4H,1H3. The third-order valence-electron chi connectivity index (χ3n) is 1.25. The fraction of sp³-hybridized carbons (Fsp3) is 0.143. The number of benzene rings is 1. The number of ether oxygens (including phenoxy) is 1. The second kappa shape index (κ2) is 3.48. The van der Waals surface area contributed by atoms with Gasteiger partial charge in [0.25, 0.3) is 0 Å². The van der Waals surface area contributed by atoms with Crippen molar-refractivity contribution in [2.45, 2.75) is 0 Å². The Kier molecular flexibility index (Phi) is 2.59. The zero-order valence-electron chi connectivity index (χ0n) is 5.87. The van der Waals surface area contributed by atoms with Crippen LogP contribution in [-0.4, -0.2) is 7.11 Å². The van der Waals surface area contributed by atoms with Crippen LogP contribution < -0.4 is 4.74 Å². The lowest BCUT2D eigenvalue weighted by Crippen LogP contribution is -1.80. The van der Waals surface area contributed by atoms with Crippen LogP contribution in [0.5, 0.6) is 5.75 Å². The van der Waals surface area contributed by atoms with Gasteiger partial charge >= 0.3 is 0 Å². The Morgan fingerprint density at radius 2 is 2.27 bits per heavy atom. The molecule has 0 aromatic heterocycles. The first kappa shape index (κ1) is 8.20. The van der Waals surface area contributed by atoms with Crippen LogP contribution in [0.2, 0.25) is 0 Å². The number of hydrogen-bond acceptors (Lipinski definition) is 3. The van der Waals surface area contributed by atoms with Crippen LogP contribution in [0.4, 0.5) is 5.69 Å². The molecule has 1 aromatic carbocycles. The van der Waals surface area contributed by atoms with E-state index in [1.54, 1.807) is 25.3 Å². The Bertz CT molecular complexity index is 275. The van der Waals surface area contributed by atoms with E-state index in [2.05, 4.69) is 21.1 Å². The molecule has 0 fully saturated rings. The Balaban J connectivity index is 3.09. The van der Waals surface area contributed by atoms with Gasteiger partial charge in [-0.1, -0.05) is 0 Å². The van der Waals surface area contributed by atoms with Crippen molar-refractivity contribution in [1.29, 1.82) is 0 Å². The Labute approximate surface area is 72.5 Å². The van der Waals surface area contributed by atoms with E-state index < -0.39 is 0 Å². The molecule has 0 aliphatic rings. The predicted octanol–water partition coefficient (Wildman–Crippen LogP) is 2.86. The van der Waals surface area contributed by atoms with Crippen LogP contribution >= 0.6 is 15.9 Å². The first-order valence-electron chi connectivity index (χ1n) is 2.95. The molecule has 3 nitrogen and oxygen atoms in total. The molecule has 0 spiro atoms. The Morgan fingerprint density at radius 3 is 2.73 bits per heavy atom. The summed E-state index contributed by atoms with van der Waals surface area (Å²) in [5.41, 5.74) is 0.380. The van der Waals surface area contributed by atoms with Crippen molar-refractivity contribution in [2.75, 3.05) is 7.11 Å². The minimum Gasteiger partial charge on any atom is -0.497 e. The average molecular weight is 216 g/mol. The van der Waals surface area contributed by atoms with Gasteiger partial charge < -0.3 is 4.74 Å². The number of methoxy groups -OCH3 is 1. The van der Waals surface area contributed by atoms with E-state index in [1.165, 1.54) is 0 Å². The van der Waals surface area contributed by atoms with Crippen molar-refractivity contribution in [1.82, 2.24) is 0 Å². The molecule has 0 saturated heterocycles. The molecule has 0 radical (unpaired) electrons. The van der Waals surface area contributed by atoms with Crippen molar-refractivity contribution in [3.8, 4) is 5.75 Å². The van der Waals surface area contributed by atoms with Gasteiger partial charge in [0.2, 0.25) is 0 Å². The molecular weight excluding hydrogens is 210 g/mol. The summed E-state index contributed by atoms with van der Waals surface area (Å²) in [6.45, 7) is 0. The first-order chi connectivity index (χ1) is 5.27. The molecule has 0 amide bonds. The minimum atomic E-state index is 0.380. The maximum absolute atomic E-state index is 10.1. The van der Waals surface area contributed by atoms with Crippen LogP contribution in [0, 0.1) is 4.91 Å². The fourth-order valence-corrected chi connectivity index (χ4v) is 1.12. The highest BCUT2D eigenvalue weighted by Gasteiger charge is 2.00. The summed E-state index contributed by atoms with van der Waals surface area (Å²) in [6.07, 6.45) is 0. The number of rotatable bonds is 2. The molecular formula is C7H6BrNO2. The third-order valence-corrected chi connectivity index (χ3v) is 1.89. The Hall–Kier alpha value is -0.900. The lowest BCUT2D eigenvalue weighted by Gasteiger charge is -1.99. The zero-order chi connectivity index (χ0) is 8.27. The van der Waals surface area contributed by atoms with Gasteiger partial charge in [0.15, 0.2) is 0 Å². The monoisotopic (exact) mass is 215 g/mol. The summed E-state index contributed by atoms with van der Waals surface area (Å²) in [5, 5.41) is 2.79. The van der Waals surface area contributed by atoms with Crippen molar-refractivity contribution in [3.05, 3.63) is 27.6 Å². The van der Waals surface area contributed by atoms with Crippen LogP contribution in [0.15, 0.2) is 27.8 Å². The number of nitroso groups, excluding NO2 is 1. The second-order valence-corrected chi connectivity index (χ2v) is 2.76. The molecule has 0 aliphatic heterocycles. The van der Waals surface area contributed by atoms with Gasteiger partial charge in [-0.05, 0) is 39.3 Å². The lowest BCUT2D eigenvalue weighted by atomic mass is 10.3. The molecule has 0 unspecified atom stereocenters. The van der Waals surface area contributed by atoms with Crippen molar-refractivity contribution >= 4 is 21.6 Å². The van der Waals surface area contributed by atoms with Crippen LogP contribution in [0.3, 0.4) is 0 Å². The SMILES string of the molecule is COc1ccc(N=O)c(Br)c1. The van der Waals surface area contributed by atoms with Crippen molar-refractivity contribution in [3.63, 3.8) is 0 Å². The molecule has 4 heteroatoms. The minimum absolute atomic E-state index is 0.380. The highest BCUT2D eigenvalue weighted by molar-refractivity contribution is 9.10. The molecule has 58 valence electrons. The maximum atomic E-state index is 10.1. The fourth-order valence-electron chi connectivity index (χ4n) is 0.689. The average Bonchev–Trinajstić information content (AvgIpc) is 2.04. The van der Waals surface area contributed by atoms with Gasteiger partial charge in [-0.3, -0.25) is 0 Å². The van der Waals surface area contributed by atoms with Crippen LogP contribution in [0.25, 0.3) is 0 Å². The summed E-state index contributed by atoms with van der Waals surface area (Å²) in [6, 6.07) is 4.97. The van der Waals surface area contributed by atoms with Crippen LogP contribution in [0.1, 0.15) is 0 Å². The molecule has 1 aromatic rings. The van der Waals surface area contributed by atoms with Gasteiger partial charge in [0.1, 0.15) is 11.4 Å². The van der Waals surface area contributed by atoms with E-state index in [-0.39, 0.29) is 0 Å². The molecule has 0 saturated carbocycles.